The molecule has 0 bridgehead atoms. The number of hydrogen-bond acceptors (Lipinski definition) is 7. The van der Waals surface area contributed by atoms with Crippen molar-refractivity contribution in [2.24, 2.45) is 5.73 Å². The van der Waals surface area contributed by atoms with Gasteiger partial charge in [-0.25, -0.2) is 4.79 Å². The van der Waals surface area contributed by atoms with Gasteiger partial charge in [-0.15, -0.1) is 0 Å². The molecule has 1 aliphatic heterocycles. The Bertz CT molecular complexity index is 1160. The lowest BCUT2D eigenvalue weighted by molar-refractivity contribution is -0.132. The highest BCUT2D eigenvalue weighted by atomic mass is 16.5. The number of carbonyl (C=O) groups is 1. The average molecular weight is 471 g/mol. The Morgan fingerprint density at radius 3 is 2.50 bits per heavy atom. The van der Waals surface area contributed by atoms with Crippen LogP contribution in [0.2, 0.25) is 0 Å². The van der Waals surface area contributed by atoms with E-state index in [0.29, 0.717) is 56.2 Å². The standard InChI is InChI=1S/C23H28N4O5.C2H6/c1-16-3-4-17(13-20(16)30-2)25-8-10-26(11-9-25)22(28)15-27-19-6-5-18(31-12-7-24)14-21(19)32-23(27)29;1-2/h3-6,13-14H,7-12,15,24H2,1-2H3;1-2H3. The second kappa shape index (κ2) is 11.6. The molecule has 0 unspecified atom stereocenters. The zero-order valence-electron chi connectivity index (χ0n) is 20.4. The highest BCUT2D eigenvalue weighted by Crippen LogP contribution is 2.26. The highest BCUT2D eigenvalue weighted by Gasteiger charge is 2.23. The number of nitrogens with zero attached hydrogens (tertiary/aromatic N) is 3. The molecule has 4 rings (SSSR count). The summed E-state index contributed by atoms with van der Waals surface area (Å²) in [5, 5.41) is 0. The SMILES string of the molecule is CC.COc1cc(N2CCN(C(=O)Cn3c(=O)oc4cc(OCCN)ccc43)CC2)ccc1C. The molecule has 1 fully saturated rings. The predicted octanol–water partition coefficient (Wildman–Crippen LogP) is 2.62. The Morgan fingerprint density at radius 2 is 1.82 bits per heavy atom. The number of methoxy groups -OCH3 is 1. The lowest BCUT2D eigenvalue weighted by atomic mass is 10.1. The second-order valence-corrected chi connectivity index (χ2v) is 7.74. The molecule has 9 heteroatoms. The van der Waals surface area contributed by atoms with Crippen LogP contribution in [0, 0.1) is 6.92 Å². The van der Waals surface area contributed by atoms with E-state index in [-0.39, 0.29) is 12.5 Å². The van der Waals surface area contributed by atoms with Crippen LogP contribution < -0.4 is 25.9 Å². The summed E-state index contributed by atoms with van der Waals surface area (Å²) in [6, 6.07) is 11.2. The van der Waals surface area contributed by atoms with Gasteiger partial charge in [0, 0.05) is 50.5 Å². The van der Waals surface area contributed by atoms with Gasteiger partial charge in [-0.3, -0.25) is 9.36 Å². The van der Waals surface area contributed by atoms with Crippen LogP contribution in [0.5, 0.6) is 11.5 Å². The predicted molar refractivity (Wildman–Crippen MR) is 133 cm³/mol. The first-order chi connectivity index (χ1) is 16.5. The molecule has 1 amide bonds. The number of aromatic nitrogens is 1. The van der Waals surface area contributed by atoms with E-state index in [2.05, 4.69) is 11.0 Å². The summed E-state index contributed by atoms with van der Waals surface area (Å²) < 4.78 is 17.6. The summed E-state index contributed by atoms with van der Waals surface area (Å²) in [5.74, 6) is 0.747. The summed E-state index contributed by atoms with van der Waals surface area (Å²) in [5.41, 5.74) is 8.56. The molecule has 0 spiro atoms. The number of piperazine rings is 1. The Labute approximate surface area is 199 Å². The van der Waals surface area contributed by atoms with Gasteiger partial charge in [0.15, 0.2) is 5.58 Å². The first kappa shape index (κ1) is 25.2. The third-order valence-corrected chi connectivity index (χ3v) is 5.71. The van der Waals surface area contributed by atoms with Gasteiger partial charge < -0.3 is 29.4 Å². The Kier molecular flexibility index (Phi) is 8.59. The van der Waals surface area contributed by atoms with E-state index in [1.165, 1.54) is 4.57 Å². The third-order valence-electron chi connectivity index (χ3n) is 5.71. The number of oxazole rings is 1. The molecular formula is C25H34N4O5. The van der Waals surface area contributed by atoms with Gasteiger partial charge in [0.1, 0.15) is 24.7 Å². The van der Waals surface area contributed by atoms with Crippen LogP contribution in [-0.2, 0) is 11.3 Å². The topological polar surface area (TPSA) is 103 Å². The monoisotopic (exact) mass is 470 g/mol. The number of amides is 1. The number of carbonyl (C=O) groups excluding carboxylic acids is 1. The lowest BCUT2D eigenvalue weighted by Gasteiger charge is -2.36. The number of rotatable bonds is 7. The van der Waals surface area contributed by atoms with Gasteiger partial charge >= 0.3 is 5.76 Å². The summed E-state index contributed by atoms with van der Waals surface area (Å²) in [4.78, 5) is 29.3. The van der Waals surface area contributed by atoms with Gasteiger partial charge in [-0.1, -0.05) is 19.9 Å². The van der Waals surface area contributed by atoms with Gasteiger partial charge in [-0.2, -0.15) is 0 Å². The van der Waals surface area contributed by atoms with E-state index < -0.39 is 5.76 Å². The van der Waals surface area contributed by atoms with Crippen LogP contribution in [0.25, 0.3) is 11.1 Å². The molecule has 184 valence electrons. The highest BCUT2D eigenvalue weighted by molar-refractivity contribution is 5.80. The molecule has 9 nitrogen and oxygen atoms in total. The van der Waals surface area contributed by atoms with Crippen molar-refractivity contribution in [3.8, 4) is 11.5 Å². The number of anilines is 1. The number of aryl methyl sites for hydroxylation is 1. The Balaban J connectivity index is 0.00000158. The zero-order valence-corrected chi connectivity index (χ0v) is 20.4. The largest absolute Gasteiger partial charge is 0.496 e. The molecule has 1 aromatic heterocycles. The van der Waals surface area contributed by atoms with E-state index in [0.717, 1.165) is 17.0 Å². The van der Waals surface area contributed by atoms with Crippen molar-refractivity contribution < 1.29 is 18.7 Å². The minimum Gasteiger partial charge on any atom is -0.496 e. The molecular weight excluding hydrogens is 436 g/mol. The molecule has 1 saturated heterocycles. The maximum atomic E-state index is 12.9. The fourth-order valence-electron chi connectivity index (χ4n) is 3.92. The fraction of sp³-hybridized carbons (Fsp3) is 0.440. The molecule has 0 atom stereocenters. The van der Waals surface area contributed by atoms with Gasteiger partial charge in [0.2, 0.25) is 5.91 Å². The van der Waals surface area contributed by atoms with E-state index >= 15 is 0 Å². The van der Waals surface area contributed by atoms with E-state index in [4.69, 9.17) is 19.6 Å². The number of fused-ring (bicyclic) bond motifs is 1. The van der Waals surface area contributed by atoms with Gasteiger partial charge in [-0.05, 0) is 30.7 Å². The summed E-state index contributed by atoms with van der Waals surface area (Å²) in [6.45, 7) is 9.29. The fourth-order valence-corrected chi connectivity index (χ4v) is 3.92. The molecule has 34 heavy (non-hydrogen) atoms. The van der Waals surface area contributed by atoms with Crippen molar-refractivity contribution in [2.45, 2.75) is 27.3 Å². The van der Waals surface area contributed by atoms with Crippen LogP contribution in [0.15, 0.2) is 45.6 Å². The van der Waals surface area contributed by atoms with E-state index in [9.17, 15) is 9.59 Å². The molecule has 3 aromatic rings. The van der Waals surface area contributed by atoms with Crippen molar-refractivity contribution >= 4 is 22.7 Å². The van der Waals surface area contributed by atoms with Gasteiger partial charge in [0.25, 0.3) is 0 Å². The number of benzene rings is 2. The lowest BCUT2D eigenvalue weighted by Crippen LogP contribution is -2.50. The summed E-state index contributed by atoms with van der Waals surface area (Å²) in [6.07, 6.45) is 0. The second-order valence-electron chi connectivity index (χ2n) is 7.74. The van der Waals surface area contributed by atoms with Crippen LogP contribution >= 0.6 is 0 Å². The first-order valence-electron chi connectivity index (χ1n) is 11.6. The summed E-state index contributed by atoms with van der Waals surface area (Å²) in [7, 11) is 1.66. The smallest absolute Gasteiger partial charge is 0.420 e. The molecule has 2 heterocycles. The minimum absolute atomic E-state index is 0.0623. The van der Waals surface area contributed by atoms with Crippen LogP contribution in [0.1, 0.15) is 19.4 Å². The zero-order chi connectivity index (χ0) is 24.7. The van der Waals surface area contributed by atoms with E-state index in [1.807, 2.05) is 32.9 Å². The van der Waals surface area contributed by atoms with Crippen molar-refractivity contribution in [3.05, 3.63) is 52.5 Å². The molecule has 0 radical (unpaired) electrons. The molecule has 0 saturated carbocycles. The van der Waals surface area contributed by atoms with Crippen LogP contribution in [0.4, 0.5) is 5.69 Å². The van der Waals surface area contributed by atoms with Crippen molar-refractivity contribution in [3.63, 3.8) is 0 Å². The number of nitrogens with two attached hydrogens (primary N) is 1. The Morgan fingerprint density at radius 1 is 1.09 bits per heavy atom. The maximum absolute atomic E-state index is 12.9. The third kappa shape index (κ3) is 5.53. The quantitative estimate of drug-likeness (QED) is 0.566. The van der Waals surface area contributed by atoms with Crippen molar-refractivity contribution in [1.29, 1.82) is 0 Å². The maximum Gasteiger partial charge on any atom is 0.420 e. The Hall–Kier alpha value is -3.46. The van der Waals surface area contributed by atoms with Crippen molar-refractivity contribution in [2.75, 3.05) is 51.3 Å². The number of ether oxygens (including phenoxy) is 2. The normalized spacial score (nSPS) is 13.4. The molecule has 0 aliphatic carbocycles. The van der Waals surface area contributed by atoms with Crippen LogP contribution in [0.3, 0.4) is 0 Å². The summed E-state index contributed by atoms with van der Waals surface area (Å²) >= 11 is 0. The van der Waals surface area contributed by atoms with Crippen LogP contribution in [-0.4, -0.2) is 61.8 Å². The molecule has 2 aromatic carbocycles. The van der Waals surface area contributed by atoms with Crippen molar-refractivity contribution in [1.82, 2.24) is 9.47 Å². The first-order valence-corrected chi connectivity index (χ1v) is 11.6. The van der Waals surface area contributed by atoms with Gasteiger partial charge in [0.05, 0.1) is 12.6 Å². The molecule has 1 aliphatic rings. The minimum atomic E-state index is -0.560. The van der Waals surface area contributed by atoms with E-state index in [1.54, 1.807) is 30.2 Å². The number of hydrogen-bond donors (Lipinski definition) is 1. The average Bonchev–Trinajstić information content (AvgIpc) is 3.18. The molecule has 2 N–H and O–H groups in total.